The molecule has 3 aromatic rings. The SMILES string of the molecule is COC(=O)c1ccc(C(=O)NCc2ccc(-c3cnn(C)c3)nc2)cc1. The van der Waals surface area contributed by atoms with Crippen LogP contribution in [-0.2, 0) is 18.3 Å². The topological polar surface area (TPSA) is 86.1 Å². The number of methoxy groups -OCH3 is 1. The van der Waals surface area contributed by atoms with Crippen molar-refractivity contribution in [1.82, 2.24) is 20.1 Å². The van der Waals surface area contributed by atoms with Crippen LogP contribution >= 0.6 is 0 Å². The third-order valence-electron chi connectivity index (χ3n) is 3.85. The number of aryl methyl sites for hydroxylation is 1. The number of esters is 1. The van der Waals surface area contributed by atoms with E-state index in [2.05, 4.69) is 20.1 Å². The second-order valence-electron chi connectivity index (χ2n) is 5.71. The number of nitrogens with zero attached hydrogens (tertiary/aromatic N) is 3. The van der Waals surface area contributed by atoms with E-state index >= 15 is 0 Å². The van der Waals surface area contributed by atoms with Crippen molar-refractivity contribution >= 4 is 11.9 Å². The van der Waals surface area contributed by atoms with E-state index in [0.29, 0.717) is 17.7 Å². The van der Waals surface area contributed by atoms with Gasteiger partial charge in [-0.3, -0.25) is 14.5 Å². The van der Waals surface area contributed by atoms with E-state index in [4.69, 9.17) is 0 Å². The Labute approximate surface area is 150 Å². The van der Waals surface area contributed by atoms with Crippen LogP contribution in [-0.4, -0.2) is 33.8 Å². The lowest BCUT2D eigenvalue weighted by molar-refractivity contribution is 0.0600. The standard InChI is InChI=1S/C19H18N4O3/c1-23-12-16(11-22-23)17-8-3-13(9-20-17)10-21-18(24)14-4-6-15(7-5-14)19(25)26-2/h3-9,11-12H,10H2,1-2H3,(H,21,24). The zero-order valence-electron chi connectivity index (χ0n) is 14.5. The van der Waals surface area contributed by atoms with Gasteiger partial charge in [-0.2, -0.15) is 5.10 Å². The number of benzene rings is 1. The summed E-state index contributed by atoms with van der Waals surface area (Å²) in [4.78, 5) is 28.0. The average Bonchev–Trinajstić information content (AvgIpc) is 3.12. The van der Waals surface area contributed by atoms with Gasteiger partial charge in [0, 0.05) is 37.1 Å². The van der Waals surface area contributed by atoms with Crippen LogP contribution in [0.1, 0.15) is 26.3 Å². The van der Waals surface area contributed by atoms with E-state index in [1.807, 2.05) is 25.4 Å². The number of aromatic nitrogens is 3. The van der Waals surface area contributed by atoms with E-state index < -0.39 is 5.97 Å². The molecule has 1 N–H and O–H groups in total. The van der Waals surface area contributed by atoms with Crippen molar-refractivity contribution in [2.75, 3.05) is 7.11 Å². The predicted octanol–water partition coefficient (Wildman–Crippen LogP) is 2.20. The highest BCUT2D eigenvalue weighted by molar-refractivity contribution is 5.96. The summed E-state index contributed by atoms with van der Waals surface area (Å²) in [6.45, 7) is 0.359. The van der Waals surface area contributed by atoms with Crippen molar-refractivity contribution in [3.8, 4) is 11.3 Å². The first-order valence-electron chi connectivity index (χ1n) is 7.97. The zero-order chi connectivity index (χ0) is 18.5. The Morgan fingerprint density at radius 2 is 1.81 bits per heavy atom. The van der Waals surface area contributed by atoms with E-state index in [1.165, 1.54) is 7.11 Å². The van der Waals surface area contributed by atoms with Crippen LogP contribution in [0, 0.1) is 0 Å². The molecule has 7 nitrogen and oxygen atoms in total. The smallest absolute Gasteiger partial charge is 0.337 e. The second kappa shape index (κ2) is 7.60. The molecule has 7 heteroatoms. The third kappa shape index (κ3) is 3.94. The Hall–Kier alpha value is -3.48. The van der Waals surface area contributed by atoms with Crippen molar-refractivity contribution < 1.29 is 14.3 Å². The summed E-state index contributed by atoms with van der Waals surface area (Å²) >= 11 is 0. The summed E-state index contributed by atoms with van der Waals surface area (Å²) in [6, 6.07) is 10.1. The number of hydrogen-bond acceptors (Lipinski definition) is 5. The summed E-state index contributed by atoms with van der Waals surface area (Å²) in [5.41, 5.74) is 3.52. The van der Waals surface area contributed by atoms with Crippen LogP contribution in [0.2, 0.25) is 0 Å². The molecule has 0 aliphatic rings. The summed E-state index contributed by atoms with van der Waals surface area (Å²) in [5, 5.41) is 6.95. The maximum atomic E-state index is 12.2. The molecule has 2 heterocycles. The molecular formula is C19H18N4O3. The highest BCUT2D eigenvalue weighted by atomic mass is 16.5. The molecule has 0 aliphatic heterocycles. The van der Waals surface area contributed by atoms with Gasteiger partial charge in [0.05, 0.1) is 24.6 Å². The minimum absolute atomic E-state index is 0.224. The lowest BCUT2D eigenvalue weighted by Gasteiger charge is -2.06. The molecule has 0 saturated heterocycles. The molecule has 1 aromatic carbocycles. The van der Waals surface area contributed by atoms with Crippen molar-refractivity contribution in [2.24, 2.45) is 7.05 Å². The Morgan fingerprint density at radius 1 is 1.08 bits per heavy atom. The van der Waals surface area contributed by atoms with Gasteiger partial charge in [0.2, 0.25) is 0 Å². The molecule has 1 amide bonds. The van der Waals surface area contributed by atoms with Crippen molar-refractivity contribution in [1.29, 1.82) is 0 Å². The molecule has 0 unspecified atom stereocenters. The summed E-state index contributed by atoms with van der Waals surface area (Å²) in [7, 11) is 3.17. The maximum Gasteiger partial charge on any atom is 0.337 e. The van der Waals surface area contributed by atoms with Gasteiger partial charge in [0.1, 0.15) is 0 Å². The normalized spacial score (nSPS) is 10.4. The second-order valence-corrected chi connectivity index (χ2v) is 5.71. The Balaban J connectivity index is 1.59. The van der Waals surface area contributed by atoms with Crippen LogP contribution in [0.25, 0.3) is 11.3 Å². The van der Waals surface area contributed by atoms with E-state index in [9.17, 15) is 9.59 Å². The number of amides is 1. The number of carbonyl (C=O) groups is 2. The van der Waals surface area contributed by atoms with Gasteiger partial charge in [-0.15, -0.1) is 0 Å². The van der Waals surface area contributed by atoms with Crippen LogP contribution < -0.4 is 5.32 Å². The van der Waals surface area contributed by atoms with Gasteiger partial charge in [-0.25, -0.2) is 4.79 Å². The van der Waals surface area contributed by atoms with Gasteiger partial charge in [0.15, 0.2) is 0 Å². The van der Waals surface area contributed by atoms with Crippen LogP contribution in [0.5, 0.6) is 0 Å². The number of nitrogens with one attached hydrogen (secondary N) is 1. The summed E-state index contributed by atoms with van der Waals surface area (Å²) in [6.07, 6.45) is 5.37. The van der Waals surface area contributed by atoms with Crippen molar-refractivity contribution in [2.45, 2.75) is 6.54 Å². The molecule has 26 heavy (non-hydrogen) atoms. The number of carbonyl (C=O) groups excluding carboxylic acids is 2. The average molecular weight is 350 g/mol. The van der Waals surface area contributed by atoms with Gasteiger partial charge >= 0.3 is 5.97 Å². The molecule has 2 aromatic heterocycles. The van der Waals surface area contributed by atoms with Crippen molar-refractivity contribution in [3.63, 3.8) is 0 Å². The quantitative estimate of drug-likeness (QED) is 0.713. The zero-order valence-corrected chi connectivity index (χ0v) is 14.5. The molecule has 0 bridgehead atoms. The number of hydrogen-bond donors (Lipinski definition) is 1. The Morgan fingerprint density at radius 3 is 2.38 bits per heavy atom. The molecule has 0 aliphatic carbocycles. The fourth-order valence-electron chi connectivity index (χ4n) is 2.41. The third-order valence-corrected chi connectivity index (χ3v) is 3.85. The number of pyridine rings is 1. The molecule has 0 fully saturated rings. The first-order valence-corrected chi connectivity index (χ1v) is 7.97. The lowest BCUT2D eigenvalue weighted by Crippen LogP contribution is -2.22. The first-order chi connectivity index (χ1) is 12.6. The Kier molecular flexibility index (Phi) is 5.07. The fourth-order valence-corrected chi connectivity index (χ4v) is 2.41. The highest BCUT2D eigenvalue weighted by Crippen LogP contribution is 2.15. The largest absolute Gasteiger partial charge is 0.465 e. The van der Waals surface area contributed by atoms with E-state index in [-0.39, 0.29) is 5.91 Å². The van der Waals surface area contributed by atoms with Gasteiger partial charge in [-0.1, -0.05) is 6.07 Å². The number of ether oxygens (including phenoxy) is 1. The minimum atomic E-state index is -0.434. The highest BCUT2D eigenvalue weighted by Gasteiger charge is 2.09. The molecule has 132 valence electrons. The molecule has 0 radical (unpaired) electrons. The van der Waals surface area contributed by atoms with Gasteiger partial charge < -0.3 is 10.1 Å². The summed E-state index contributed by atoms with van der Waals surface area (Å²) < 4.78 is 6.35. The van der Waals surface area contributed by atoms with E-state index in [0.717, 1.165) is 16.8 Å². The molecule has 0 atom stereocenters. The van der Waals surface area contributed by atoms with Crippen LogP contribution in [0.15, 0.2) is 55.0 Å². The molecule has 0 spiro atoms. The predicted molar refractivity (Wildman–Crippen MR) is 95.4 cm³/mol. The van der Waals surface area contributed by atoms with Gasteiger partial charge in [-0.05, 0) is 35.9 Å². The maximum absolute atomic E-state index is 12.2. The molecule has 0 saturated carbocycles. The first kappa shape index (κ1) is 17.3. The minimum Gasteiger partial charge on any atom is -0.465 e. The number of rotatable bonds is 5. The van der Waals surface area contributed by atoms with Gasteiger partial charge in [0.25, 0.3) is 5.91 Å². The monoisotopic (exact) mass is 350 g/mol. The van der Waals surface area contributed by atoms with Crippen molar-refractivity contribution in [3.05, 3.63) is 71.7 Å². The van der Waals surface area contributed by atoms with Crippen LogP contribution in [0.3, 0.4) is 0 Å². The molecular weight excluding hydrogens is 332 g/mol. The molecule has 3 rings (SSSR count). The summed E-state index contributed by atoms with van der Waals surface area (Å²) in [5.74, 6) is -0.658. The van der Waals surface area contributed by atoms with E-state index in [1.54, 1.807) is 41.3 Å². The fraction of sp³-hybridized carbons (Fsp3) is 0.158. The van der Waals surface area contributed by atoms with Crippen LogP contribution in [0.4, 0.5) is 0 Å². The Bertz CT molecular complexity index is 915. The lowest BCUT2D eigenvalue weighted by atomic mass is 10.1.